The minimum absolute atomic E-state index is 0.0227. The first kappa shape index (κ1) is 80.3. The summed E-state index contributed by atoms with van der Waals surface area (Å²) in [7, 11) is 0. The Labute approximate surface area is 513 Å². The Kier molecular flexibility index (Phi) is 70.4. The number of ether oxygens (including phenoxy) is 1. The number of allylic oxidation sites excluding steroid dienone is 3. The first-order valence-corrected chi connectivity index (χ1v) is 37.6. The van der Waals surface area contributed by atoms with Crippen LogP contribution in [0.5, 0.6) is 0 Å². The second-order valence-electron chi connectivity index (χ2n) is 26.0. The van der Waals surface area contributed by atoms with Crippen molar-refractivity contribution >= 4 is 11.9 Å². The van der Waals surface area contributed by atoms with Gasteiger partial charge in [-0.1, -0.05) is 378 Å². The predicted octanol–water partition coefficient (Wildman–Crippen LogP) is 24.5. The van der Waals surface area contributed by atoms with Crippen LogP contribution < -0.4 is 5.32 Å². The largest absolute Gasteiger partial charge is 0.466 e. The maximum Gasteiger partial charge on any atom is 0.305 e. The van der Waals surface area contributed by atoms with E-state index in [4.69, 9.17) is 4.74 Å². The van der Waals surface area contributed by atoms with E-state index < -0.39 is 12.1 Å². The van der Waals surface area contributed by atoms with Gasteiger partial charge in [-0.05, 0) is 57.8 Å². The molecule has 0 saturated carbocycles. The monoisotopic (exact) mass is 1150 g/mol. The Morgan fingerprint density at radius 3 is 0.866 bits per heavy atom. The van der Waals surface area contributed by atoms with E-state index in [1.165, 1.54) is 360 Å². The van der Waals surface area contributed by atoms with Crippen LogP contribution in [0.3, 0.4) is 0 Å². The second-order valence-corrected chi connectivity index (χ2v) is 26.0. The summed E-state index contributed by atoms with van der Waals surface area (Å²) >= 11 is 0. The lowest BCUT2D eigenvalue weighted by atomic mass is 10.0. The molecular weight excluding hydrogens is 1010 g/mol. The highest BCUT2D eigenvalue weighted by Crippen LogP contribution is 2.19. The van der Waals surface area contributed by atoms with Gasteiger partial charge in [-0.2, -0.15) is 0 Å². The van der Waals surface area contributed by atoms with Crippen molar-refractivity contribution in [3.8, 4) is 0 Å². The number of esters is 1. The molecule has 3 N–H and O–H groups in total. The molecule has 0 aliphatic rings. The molecule has 0 radical (unpaired) electrons. The molecule has 1 amide bonds. The van der Waals surface area contributed by atoms with Crippen molar-refractivity contribution < 1.29 is 24.5 Å². The topological polar surface area (TPSA) is 95.9 Å². The molecular formula is C76H147NO5. The quantitative estimate of drug-likeness (QED) is 0.0320. The van der Waals surface area contributed by atoms with Gasteiger partial charge < -0.3 is 20.3 Å². The minimum Gasteiger partial charge on any atom is -0.466 e. The molecule has 82 heavy (non-hydrogen) atoms. The molecule has 0 saturated heterocycles. The molecule has 0 bridgehead atoms. The summed E-state index contributed by atoms with van der Waals surface area (Å²) in [4.78, 5) is 24.6. The van der Waals surface area contributed by atoms with Gasteiger partial charge in [0.25, 0.3) is 0 Å². The van der Waals surface area contributed by atoms with E-state index in [0.29, 0.717) is 19.4 Å². The summed E-state index contributed by atoms with van der Waals surface area (Å²) in [6.45, 7) is 4.95. The van der Waals surface area contributed by atoms with Crippen LogP contribution in [0.4, 0.5) is 0 Å². The lowest BCUT2D eigenvalue weighted by Crippen LogP contribution is -2.45. The maximum atomic E-state index is 12.5. The molecule has 0 aromatic rings. The van der Waals surface area contributed by atoms with Gasteiger partial charge >= 0.3 is 5.97 Å². The predicted molar refractivity (Wildman–Crippen MR) is 361 cm³/mol. The van der Waals surface area contributed by atoms with E-state index in [0.717, 1.165) is 38.5 Å². The number of carbonyl (C=O) groups excluding carboxylic acids is 2. The summed E-state index contributed by atoms with van der Waals surface area (Å²) < 4.78 is 5.51. The van der Waals surface area contributed by atoms with E-state index in [1.54, 1.807) is 6.08 Å². The Balaban J connectivity index is 3.35. The molecule has 2 atom stereocenters. The average Bonchev–Trinajstić information content (AvgIpc) is 3.48. The summed E-state index contributed by atoms with van der Waals surface area (Å²) in [6.07, 6.45) is 91.4. The number of hydrogen-bond acceptors (Lipinski definition) is 5. The van der Waals surface area contributed by atoms with Crippen LogP contribution in [-0.2, 0) is 14.3 Å². The molecule has 2 unspecified atom stereocenters. The molecule has 0 heterocycles. The molecule has 0 aromatic carbocycles. The van der Waals surface area contributed by atoms with Crippen molar-refractivity contribution in [1.82, 2.24) is 5.32 Å². The molecule has 0 aliphatic heterocycles. The fraction of sp³-hybridized carbons (Fsp3) is 0.921. The lowest BCUT2D eigenvalue weighted by molar-refractivity contribution is -0.143. The van der Waals surface area contributed by atoms with Crippen LogP contribution >= 0.6 is 0 Å². The van der Waals surface area contributed by atoms with Crippen LogP contribution in [0.15, 0.2) is 24.3 Å². The van der Waals surface area contributed by atoms with Gasteiger partial charge in [0.05, 0.1) is 25.4 Å². The zero-order chi connectivity index (χ0) is 59.2. The van der Waals surface area contributed by atoms with E-state index in [1.807, 2.05) is 6.08 Å². The molecule has 0 rings (SSSR count). The van der Waals surface area contributed by atoms with Crippen LogP contribution in [0.1, 0.15) is 425 Å². The van der Waals surface area contributed by atoms with Gasteiger partial charge in [-0.3, -0.25) is 9.59 Å². The normalized spacial score (nSPS) is 12.6. The van der Waals surface area contributed by atoms with Gasteiger partial charge in [0.1, 0.15) is 0 Å². The van der Waals surface area contributed by atoms with Crippen molar-refractivity contribution in [2.45, 2.75) is 437 Å². The van der Waals surface area contributed by atoms with Gasteiger partial charge in [0.2, 0.25) is 5.91 Å². The second kappa shape index (κ2) is 71.8. The molecule has 0 fully saturated rings. The van der Waals surface area contributed by atoms with Crippen molar-refractivity contribution in [1.29, 1.82) is 0 Å². The molecule has 0 aliphatic carbocycles. The Bertz CT molecular complexity index is 1280. The van der Waals surface area contributed by atoms with Crippen LogP contribution in [0, 0.1) is 0 Å². The van der Waals surface area contributed by atoms with Gasteiger partial charge in [0, 0.05) is 12.8 Å². The van der Waals surface area contributed by atoms with Crippen LogP contribution in [-0.4, -0.2) is 47.4 Å². The van der Waals surface area contributed by atoms with Crippen molar-refractivity contribution in [3.05, 3.63) is 24.3 Å². The Morgan fingerprint density at radius 1 is 0.329 bits per heavy atom. The van der Waals surface area contributed by atoms with Gasteiger partial charge in [-0.25, -0.2) is 0 Å². The third kappa shape index (κ3) is 67.5. The number of hydrogen-bond donors (Lipinski definition) is 3. The van der Waals surface area contributed by atoms with E-state index >= 15 is 0 Å². The number of rotatable bonds is 71. The number of carbonyl (C=O) groups is 2. The highest BCUT2D eigenvalue weighted by molar-refractivity contribution is 5.76. The zero-order valence-electron chi connectivity index (χ0n) is 55.8. The highest BCUT2D eigenvalue weighted by Gasteiger charge is 2.18. The smallest absolute Gasteiger partial charge is 0.305 e. The summed E-state index contributed by atoms with van der Waals surface area (Å²) in [5.41, 5.74) is 0. The minimum atomic E-state index is -0.842. The number of unbranched alkanes of at least 4 members (excludes halogenated alkanes) is 58. The number of nitrogens with one attached hydrogen (secondary N) is 1. The van der Waals surface area contributed by atoms with Crippen LogP contribution in [0.2, 0.25) is 0 Å². The summed E-state index contributed by atoms with van der Waals surface area (Å²) in [6, 6.07) is -0.625. The van der Waals surface area contributed by atoms with E-state index in [9.17, 15) is 19.8 Å². The Morgan fingerprint density at radius 2 is 0.573 bits per heavy atom. The summed E-state index contributed by atoms with van der Waals surface area (Å²) in [5, 5.41) is 23.2. The molecule has 6 nitrogen and oxygen atoms in total. The first-order chi connectivity index (χ1) is 40.5. The summed E-state index contributed by atoms with van der Waals surface area (Å²) in [5.74, 6) is -0.0390. The highest BCUT2D eigenvalue weighted by atomic mass is 16.5. The van der Waals surface area contributed by atoms with Crippen molar-refractivity contribution in [2.24, 2.45) is 0 Å². The average molecular weight is 1160 g/mol. The van der Waals surface area contributed by atoms with E-state index in [2.05, 4.69) is 31.3 Å². The van der Waals surface area contributed by atoms with Crippen molar-refractivity contribution in [2.75, 3.05) is 13.2 Å². The van der Waals surface area contributed by atoms with Crippen LogP contribution in [0.25, 0.3) is 0 Å². The van der Waals surface area contributed by atoms with Gasteiger partial charge in [-0.15, -0.1) is 0 Å². The lowest BCUT2D eigenvalue weighted by Gasteiger charge is -2.20. The zero-order valence-corrected chi connectivity index (χ0v) is 55.8. The fourth-order valence-corrected chi connectivity index (χ4v) is 12.0. The number of aliphatic hydroxyl groups is 2. The maximum absolute atomic E-state index is 12.5. The van der Waals surface area contributed by atoms with Gasteiger partial charge in [0.15, 0.2) is 0 Å². The first-order valence-electron chi connectivity index (χ1n) is 37.6. The van der Waals surface area contributed by atoms with Crippen molar-refractivity contribution in [3.63, 3.8) is 0 Å². The molecule has 486 valence electrons. The number of aliphatic hydroxyl groups excluding tert-OH is 2. The third-order valence-corrected chi connectivity index (χ3v) is 17.7. The molecule has 0 aromatic heterocycles. The standard InChI is InChI=1S/C76H147NO5/c1-3-5-7-9-11-13-15-17-19-40-44-48-52-56-60-64-68-74(79)73(72-78)77-75(80)69-65-61-57-53-49-45-41-38-36-34-32-30-28-26-24-22-21-23-25-27-29-31-33-35-37-39-43-47-51-55-59-63-67-71-82-76(81)70-66-62-58-54-50-46-42-20-18-16-14-12-10-8-6-4-2/h25,27,64,68,73-74,78-79H,3-24,26,28-63,65-67,69-72H2,1-2H3,(H,77,80)/b27-25-,68-64+. The fourth-order valence-electron chi connectivity index (χ4n) is 12.0. The van der Waals surface area contributed by atoms with E-state index in [-0.39, 0.29) is 18.5 Å². The molecule has 6 heteroatoms. The Hall–Kier alpha value is -1.66. The third-order valence-electron chi connectivity index (χ3n) is 17.7. The molecule has 0 spiro atoms. The number of amides is 1. The SMILES string of the molecule is CCCCCCCCCCCCCCCC/C=C/C(O)C(CO)NC(=O)CCCCCCCCCCCCCCCCCCC/C=C\CCCCCCCCCCCCCCOC(=O)CCCCCCCCCCCCCCCCCC.